The van der Waals surface area contributed by atoms with E-state index in [-0.39, 0.29) is 18.3 Å². The van der Waals surface area contributed by atoms with Crippen LogP contribution in [-0.4, -0.2) is 15.7 Å². The number of carbonyl (C=O) groups is 1. The van der Waals surface area contributed by atoms with Crippen LogP contribution in [0.15, 0.2) is 102 Å². The SMILES string of the molecule is O=C(NCc1cn(-c2ccccc2)nc1-c1ccccc1)c1ccc(COc2ccc3c(c2)CCC3)o1. The number of ether oxygens (including phenoxy) is 1. The zero-order valence-corrected chi connectivity index (χ0v) is 20.4. The van der Waals surface area contributed by atoms with Gasteiger partial charge in [-0.15, -0.1) is 0 Å². The van der Waals surface area contributed by atoms with Gasteiger partial charge in [0.25, 0.3) is 5.91 Å². The molecule has 2 aromatic heterocycles. The zero-order chi connectivity index (χ0) is 25.0. The Morgan fingerprint density at radius 1 is 0.919 bits per heavy atom. The van der Waals surface area contributed by atoms with Gasteiger partial charge < -0.3 is 14.5 Å². The van der Waals surface area contributed by atoms with E-state index in [1.807, 2.05) is 77.6 Å². The third-order valence-corrected chi connectivity index (χ3v) is 6.63. The topological polar surface area (TPSA) is 69.3 Å². The van der Waals surface area contributed by atoms with Crippen molar-refractivity contribution < 1.29 is 13.9 Å². The van der Waals surface area contributed by atoms with Crippen LogP contribution < -0.4 is 10.1 Å². The first-order valence-corrected chi connectivity index (χ1v) is 12.5. The molecular weight excluding hydrogens is 462 g/mol. The molecule has 6 nitrogen and oxygen atoms in total. The number of furan rings is 1. The number of carbonyl (C=O) groups excluding carboxylic acids is 1. The van der Waals surface area contributed by atoms with Crippen molar-refractivity contribution in [1.82, 2.24) is 15.1 Å². The van der Waals surface area contributed by atoms with Crippen LogP contribution in [0.5, 0.6) is 5.75 Å². The van der Waals surface area contributed by atoms with Gasteiger partial charge in [-0.3, -0.25) is 4.79 Å². The highest BCUT2D eigenvalue weighted by Crippen LogP contribution is 2.27. The van der Waals surface area contributed by atoms with E-state index in [4.69, 9.17) is 14.3 Å². The molecule has 0 saturated heterocycles. The summed E-state index contributed by atoms with van der Waals surface area (Å²) in [7, 11) is 0. The fourth-order valence-corrected chi connectivity index (χ4v) is 4.72. The summed E-state index contributed by atoms with van der Waals surface area (Å²) < 4.78 is 13.5. The number of para-hydroxylation sites is 1. The van der Waals surface area contributed by atoms with Gasteiger partial charge in [0, 0.05) is 23.9 Å². The number of nitrogens with one attached hydrogen (secondary N) is 1. The number of fused-ring (bicyclic) bond motifs is 1. The minimum Gasteiger partial charge on any atom is -0.486 e. The average Bonchev–Trinajstić information content (AvgIpc) is 3.71. The number of rotatable bonds is 8. The highest BCUT2D eigenvalue weighted by molar-refractivity contribution is 5.91. The molecular formula is C31H27N3O3. The Balaban J connectivity index is 1.13. The maximum absolute atomic E-state index is 12.9. The van der Waals surface area contributed by atoms with E-state index >= 15 is 0 Å². The molecule has 0 atom stereocenters. The number of amides is 1. The number of aromatic nitrogens is 2. The Bertz CT molecular complexity index is 1520. The van der Waals surface area contributed by atoms with Crippen LogP contribution in [0.1, 0.15) is 39.4 Å². The molecule has 1 aliphatic rings. The lowest BCUT2D eigenvalue weighted by Gasteiger charge is -2.07. The third-order valence-electron chi connectivity index (χ3n) is 6.63. The molecule has 1 N–H and O–H groups in total. The molecule has 2 heterocycles. The second-order valence-electron chi connectivity index (χ2n) is 9.17. The van der Waals surface area contributed by atoms with Crippen LogP contribution in [0.2, 0.25) is 0 Å². The molecule has 0 saturated carbocycles. The molecule has 184 valence electrons. The fourth-order valence-electron chi connectivity index (χ4n) is 4.72. The average molecular weight is 490 g/mol. The minimum absolute atomic E-state index is 0.254. The molecule has 1 amide bonds. The van der Waals surface area contributed by atoms with E-state index < -0.39 is 0 Å². The maximum Gasteiger partial charge on any atom is 0.287 e. The van der Waals surface area contributed by atoms with Gasteiger partial charge in [0.2, 0.25) is 0 Å². The Kier molecular flexibility index (Phi) is 6.29. The molecule has 0 radical (unpaired) electrons. The predicted molar refractivity (Wildman–Crippen MR) is 142 cm³/mol. The fraction of sp³-hybridized carbons (Fsp3) is 0.161. The van der Waals surface area contributed by atoms with E-state index in [2.05, 4.69) is 17.4 Å². The largest absolute Gasteiger partial charge is 0.486 e. The number of hydrogen-bond donors (Lipinski definition) is 1. The summed E-state index contributed by atoms with van der Waals surface area (Å²) >= 11 is 0. The molecule has 5 aromatic rings. The van der Waals surface area contributed by atoms with Gasteiger partial charge in [-0.25, -0.2) is 4.68 Å². The van der Waals surface area contributed by atoms with Crippen LogP contribution in [0, 0.1) is 0 Å². The van der Waals surface area contributed by atoms with Gasteiger partial charge in [0.05, 0.1) is 11.4 Å². The number of aryl methyl sites for hydroxylation is 2. The molecule has 1 aliphatic carbocycles. The summed E-state index contributed by atoms with van der Waals surface area (Å²) in [6.07, 6.45) is 5.41. The maximum atomic E-state index is 12.9. The van der Waals surface area contributed by atoms with E-state index in [9.17, 15) is 4.79 Å². The predicted octanol–water partition coefficient (Wildman–Crippen LogP) is 6.13. The summed E-state index contributed by atoms with van der Waals surface area (Å²) in [5, 5.41) is 7.78. The molecule has 6 rings (SSSR count). The van der Waals surface area contributed by atoms with E-state index in [1.54, 1.807) is 12.1 Å². The lowest BCUT2D eigenvalue weighted by atomic mass is 10.1. The molecule has 37 heavy (non-hydrogen) atoms. The number of hydrogen-bond acceptors (Lipinski definition) is 4. The van der Waals surface area contributed by atoms with E-state index in [0.717, 1.165) is 41.1 Å². The van der Waals surface area contributed by atoms with Crippen molar-refractivity contribution in [2.75, 3.05) is 0 Å². The molecule has 0 bridgehead atoms. The lowest BCUT2D eigenvalue weighted by Crippen LogP contribution is -2.22. The zero-order valence-electron chi connectivity index (χ0n) is 20.4. The highest BCUT2D eigenvalue weighted by atomic mass is 16.5. The number of benzene rings is 3. The minimum atomic E-state index is -0.282. The van der Waals surface area contributed by atoms with Gasteiger partial charge in [-0.1, -0.05) is 54.6 Å². The van der Waals surface area contributed by atoms with Gasteiger partial charge >= 0.3 is 0 Å². The van der Waals surface area contributed by atoms with Crippen molar-refractivity contribution in [3.63, 3.8) is 0 Å². The molecule has 6 heteroatoms. The summed E-state index contributed by atoms with van der Waals surface area (Å²) in [6.45, 7) is 0.589. The second kappa shape index (κ2) is 10.2. The highest BCUT2D eigenvalue weighted by Gasteiger charge is 2.16. The van der Waals surface area contributed by atoms with Crippen LogP contribution in [-0.2, 0) is 26.0 Å². The molecule has 3 aromatic carbocycles. The van der Waals surface area contributed by atoms with Crippen molar-refractivity contribution in [3.8, 4) is 22.7 Å². The number of nitrogens with zero attached hydrogens (tertiary/aromatic N) is 2. The van der Waals surface area contributed by atoms with Crippen molar-refractivity contribution >= 4 is 5.91 Å². The normalized spacial score (nSPS) is 12.3. The van der Waals surface area contributed by atoms with Crippen LogP contribution in [0.25, 0.3) is 16.9 Å². The van der Waals surface area contributed by atoms with Gasteiger partial charge in [0.15, 0.2) is 5.76 Å². The van der Waals surface area contributed by atoms with Gasteiger partial charge in [-0.2, -0.15) is 5.10 Å². The van der Waals surface area contributed by atoms with Crippen molar-refractivity contribution in [2.45, 2.75) is 32.4 Å². The van der Waals surface area contributed by atoms with Gasteiger partial charge in [0.1, 0.15) is 18.1 Å². The summed E-state index contributed by atoms with van der Waals surface area (Å²) in [5.74, 6) is 1.40. The Hall–Kier alpha value is -4.58. The first kappa shape index (κ1) is 22.9. The quantitative estimate of drug-likeness (QED) is 0.285. The standard InChI is InChI=1S/C31H27N3O3/c35-31(29-17-16-28(37-29)21-36-27-15-14-22-10-7-11-24(22)18-27)32-19-25-20-34(26-12-5-2-6-13-26)33-30(25)23-8-3-1-4-9-23/h1-6,8-9,12-18,20H,7,10-11,19,21H2,(H,32,35). The van der Waals surface area contributed by atoms with Gasteiger partial charge in [-0.05, 0) is 66.8 Å². The van der Waals surface area contributed by atoms with Crippen molar-refractivity contribution in [1.29, 1.82) is 0 Å². The molecule has 0 aliphatic heterocycles. The van der Waals surface area contributed by atoms with E-state index in [1.165, 1.54) is 17.5 Å². The summed E-state index contributed by atoms with van der Waals surface area (Å²) in [4.78, 5) is 12.9. The Labute approximate surface area is 215 Å². The Morgan fingerprint density at radius 3 is 2.54 bits per heavy atom. The second-order valence-corrected chi connectivity index (χ2v) is 9.17. The first-order valence-electron chi connectivity index (χ1n) is 12.5. The molecule has 0 unspecified atom stereocenters. The molecule has 0 spiro atoms. The molecule has 0 fully saturated rings. The first-order chi connectivity index (χ1) is 18.2. The van der Waals surface area contributed by atoms with Crippen molar-refractivity contribution in [2.24, 2.45) is 0 Å². The van der Waals surface area contributed by atoms with E-state index in [0.29, 0.717) is 12.3 Å². The van der Waals surface area contributed by atoms with Crippen LogP contribution >= 0.6 is 0 Å². The summed E-state index contributed by atoms with van der Waals surface area (Å²) in [5.41, 5.74) is 6.46. The summed E-state index contributed by atoms with van der Waals surface area (Å²) in [6, 6.07) is 29.6. The third kappa shape index (κ3) is 5.05. The Morgan fingerprint density at radius 2 is 1.70 bits per heavy atom. The van der Waals surface area contributed by atoms with Crippen LogP contribution in [0.3, 0.4) is 0 Å². The smallest absolute Gasteiger partial charge is 0.287 e. The lowest BCUT2D eigenvalue weighted by molar-refractivity contribution is 0.0919. The van der Waals surface area contributed by atoms with Crippen LogP contribution in [0.4, 0.5) is 0 Å². The monoisotopic (exact) mass is 489 g/mol. The van der Waals surface area contributed by atoms with Crippen molar-refractivity contribution in [3.05, 3.63) is 125 Å².